The van der Waals surface area contributed by atoms with Gasteiger partial charge >= 0.3 is 0 Å². The second-order valence-electron chi connectivity index (χ2n) is 8.27. The number of hydrogen-bond acceptors (Lipinski definition) is 6. The Labute approximate surface area is 192 Å². The van der Waals surface area contributed by atoms with Gasteiger partial charge in [-0.2, -0.15) is 0 Å². The maximum atomic E-state index is 6.73. The van der Waals surface area contributed by atoms with E-state index in [4.69, 9.17) is 16.6 Å². The van der Waals surface area contributed by atoms with E-state index in [2.05, 4.69) is 49.2 Å². The number of aryl methyl sites for hydroxylation is 1. The predicted molar refractivity (Wildman–Crippen MR) is 127 cm³/mol. The van der Waals surface area contributed by atoms with Crippen LogP contribution in [0.15, 0.2) is 42.9 Å². The first kappa shape index (κ1) is 21.0. The molecule has 0 radical (unpaired) electrons. The number of fused-ring (bicyclic) bond motifs is 1. The number of nitrogens with one attached hydrogen (secondary N) is 2. The Bertz CT molecular complexity index is 1250. The first-order valence-corrected chi connectivity index (χ1v) is 11.3. The highest BCUT2D eigenvalue weighted by Gasteiger charge is 2.19. The normalized spacial score (nSPS) is 15.8. The third-order valence-electron chi connectivity index (χ3n) is 6.09. The number of pyridine rings is 1. The SMILES string of the molecule is Cc1cc(-c2ccc3[nH]c(Cc4cc(C(C)N5CCNCC5)ccn4)nc3c2Cl)ncn1. The summed E-state index contributed by atoms with van der Waals surface area (Å²) >= 11 is 6.73. The van der Waals surface area contributed by atoms with Gasteiger partial charge in [-0.25, -0.2) is 15.0 Å². The van der Waals surface area contributed by atoms with Gasteiger partial charge in [0.1, 0.15) is 17.7 Å². The standard InChI is InChI=1S/C24H26ClN7/c1-15-11-21(29-14-28-15)19-3-4-20-24(23(19)25)31-22(30-20)13-18-12-17(5-6-27-18)16(2)32-9-7-26-8-10-32/h3-6,11-12,14,16,26H,7-10,13H2,1-2H3,(H,30,31). The van der Waals surface area contributed by atoms with E-state index >= 15 is 0 Å². The van der Waals surface area contributed by atoms with Crippen molar-refractivity contribution >= 4 is 22.6 Å². The molecule has 0 spiro atoms. The fraction of sp³-hybridized carbons (Fsp3) is 0.333. The maximum absolute atomic E-state index is 6.73. The average Bonchev–Trinajstić information content (AvgIpc) is 3.23. The molecule has 1 aromatic carbocycles. The van der Waals surface area contributed by atoms with E-state index in [0.29, 0.717) is 17.5 Å². The minimum atomic E-state index is 0.364. The Kier molecular flexibility index (Phi) is 5.87. The molecule has 8 heteroatoms. The van der Waals surface area contributed by atoms with E-state index in [1.807, 2.05) is 31.3 Å². The van der Waals surface area contributed by atoms with E-state index < -0.39 is 0 Å². The minimum Gasteiger partial charge on any atom is -0.342 e. The highest BCUT2D eigenvalue weighted by Crippen LogP contribution is 2.32. The smallest absolute Gasteiger partial charge is 0.116 e. The molecule has 7 nitrogen and oxygen atoms in total. The molecule has 0 amide bonds. The predicted octanol–water partition coefficient (Wildman–Crippen LogP) is 3.93. The fourth-order valence-corrected chi connectivity index (χ4v) is 4.59. The Hall–Kier alpha value is -2.87. The minimum absolute atomic E-state index is 0.364. The quantitative estimate of drug-likeness (QED) is 0.482. The molecule has 0 saturated carbocycles. The highest BCUT2D eigenvalue weighted by atomic mass is 35.5. The van der Waals surface area contributed by atoms with Gasteiger partial charge < -0.3 is 10.3 Å². The molecule has 3 aromatic heterocycles. The summed E-state index contributed by atoms with van der Waals surface area (Å²) in [7, 11) is 0. The Balaban J connectivity index is 1.40. The molecule has 1 aliphatic heterocycles. The summed E-state index contributed by atoms with van der Waals surface area (Å²) in [5, 5.41) is 4.01. The van der Waals surface area contributed by atoms with Gasteiger partial charge in [-0.1, -0.05) is 11.6 Å². The van der Waals surface area contributed by atoms with Crippen molar-refractivity contribution in [3.63, 3.8) is 0 Å². The molecule has 1 fully saturated rings. The lowest BCUT2D eigenvalue weighted by Crippen LogP contribution is -2.44. The number of benzene rings is 1. The molecule has 1 aliphatic rings. The molecule has 2 N–H and O–H groups in total. The lowest BCUT2D eigenvalue weighted by atomic mass is 10.1. The number of aromatic nitrogens is 5. The fourth-order valence-electron chi connectivity index (χ4n) is 4.28. The van der Waals surface area contributed by atoms with Gasteiger partial charge in [0.05, 0.1) is 16.2 Å². The number of hydrogen-bond donors (Lipinski definition) is 2. The van der Waals surface area contributed by atoms with Crippen molar-refractivity contribution < 1.29 is 0 Å². The number of aromatic amines is 1. The summed E-state index contributed by atoms with van der Waals surface area (Å²) in [6.07, 6.45) is 4.07. The van der Waals surface area contributed by atoms with Gasteiger partial charge in [-0.05, 0) is 49.7 Å². The van der Waals surface area contributed by atoms with E-state index in [1.165, 1.54) is 5.56 Å². The Morgan fingerprint density at radius 3 is 2.75 bits per heavy atom. The van der Waals surface area contributed by atoms with Crippen LogP contribution in [0.4, 0.5) is 0 Å². The third kappa shape index (κ3) is 4.24. The summed E-state index contributed by atoms with van der Waals surface area (Å²) in [4.78, 5) is 23.8. The first-order valence-electron chi connectivity index (χ1n) is 10.9. The van der Waals surface area contributed by atoms with Gasteiger partial charge in [0.15, 0.2) is 0 Å². The average molecular weight is 448 g/mol. The molecular formula is C24H26ClN7. The molecule has 5 rings (SSSR count). The van der Waals surface area contributed by atoms with Gasteiger partial charge in [0.2, 0.25) is 0 Å². The second kappa shape index (κ2) is 8.94. The number of piperazine rings is 1. The molecular weight excluding hydrogens is 422 g/mol. The molecule has 0 bridgehead atoms. The van der Waals surface area contributed by atoms with Crippen LogP contribution in [0.3, 0.4) is 0 Å². The molecule has 4 aromatic rings. The summed E-state index contributed by atoms with van der Waals surface area (Å²) in [6, 6.07) is 10.6. The first-order chi connectivity index (χ1) is 15.6. The van der Waals surface area contributed by atoms with Crippen molar-refractivity contribution in [2.75, 3.05) is 26.2 Å². The Morgan fingerprint density at radius 2 is 1.94 bits per heavy atom. The number of imidazole rings is 1. The lowest BCUT2D eigenvalue weighted by molar-refractivity contribution is 0.185. The molecule has 4 heterocycles. The van der Waals surface area contributed by atoms with E-state index in [-0.39, 0.29) is 0 Å². The van der Waals surface area contributed by atoms with Crippen LogP contribution in [0.2, 0.25) is 5.02 Å². The van der Waals surface area contributed by atoms with Crippen molar-refractivity contribution in [1.29, 1.82) is 0 Å². The molecule has 164 valence electrons. The largest absolute Gasteiger partial charge is 0.342 e. The van der Waals surface area contributed by atoms with Gasteiger partial charge in [0.25, 0.3) is 0 Å². The monoisotopic (exact) mass is 447 g/mol. The number of halogens is 1. The van der Waals surface area contributed by atoms with Gasteiger partial charge in [-0.3, -0.25) is 9.88 Å². The van der Waals surface area contributed by atoms with Crippen LogP contribution in [0, 0.1) is 6.92 Å². The number of nitrogens with zero attached hydrogens (tertiary/aromatic N) is 5. The van der Waals surface area contributed by atoms with E-state index in [1.54, 1.807) is 6.33 Å². The molecule has 0 aliphatic carbocycles. The molecule has 1 unspecified atom stereocenters. The Morgan fingerprint density at radius 1 is 1.09 bits per heavy atom. The number of H-pyrrole nitrogens is 1. The van der Waals surface area contributed by atoms with E-state index in [9.17, 15) is 0 Å². The van der Waals surface area contributed by atoms with E-state index in [0.717, 1.165) is 65.7 Å². The van der Waals surface area contributed by atoms with Crippen LogP contribution in [-0.4, -0.2) is 56.0 Å². The lowest BCUT2D eigenvalue weighted by Gasteiger charge is -2.33. The van der Waals surface area contributed by atoms with Crippen LogP contribution in [-0.2, 0) is 6.42 Å². The number of rotatable bonds is 5. The van der Waals surface area contributed by atoms with Crippen LogP contribution in [0.25, 0.3) is 22.3 Å². The van der Waals surface area contributed by atoms with Crippen molar-refractivity contribution in [1.82, 2.24) is 35.1 Å². The molecule has 32 heavy (non-hydrogen) atoms. The van der Waals surface area contributed by atoms with Crippen molar-refractivity contribution in [2.24, 2.45) is 0 Å². The van der Waals surface area contributed by atoms with Crippen LogP contribution < -0.4 is 5.32 Å². The van der Waals surface area contributed by atoms with Crippen molar-refractivity contribution in [3.8, 4) is 11.3 Å². The van der Waals surface area contributed by atoms with Crippen LogP contribution in [0.5, 0.6) is 0 Å². The van der Waals surface area contributed by atoms with Crippen LogP contribution >= 0.6 is 11.6 Å². The van der Waals surface area contributed by atoms with Crippen molar-refractivity contribution in [3.05, 3.63) is 70.7 Å². The third-order valence-corrected chi connectivity index (χ3v) is 6.48. The van der Waals surface area contributed by atoms with Gasteiger partial charge in [0, 0.05) is 61.8 Å². The molecule has 1 saturated heterocycles. The van der Waals surface area contributed by atoms with Crippen LogP contribution in [0.1, 0.15) is 35.7 Å². The molecule has 1 atom stereocenters. The topological polar surface area (TPSA) is 82.6 Å². The zero-order valence-electron chi connectivity index (χ0n) is 18.3. The summed E-state index contributed by atoms with van der Waals surface area (Å²) in [5.41, 5.74) is 6.48. The summed E-state index contributed by atoms with van der Waals surface area (Å²) < 4.78 is 0. The van der Waals surface area contributed by atoms with Crippen molar-refractivity contribution in [2.45, 2.75) is 26.3 Å². The van der Waals surface area contributed by atoms with Gasteiger partial charge in [-0.15, -0.1) is 0 Å². The maximum Gasteiger partial charge on any atom is 0.116 e. The summed E-state index contributed by atoms with van der Waals surface area (Å²) in [6.45, 7) is 8.41. The second-order valence-corrected chi connectivity index (χ2v) is 8.65. The zero-order chi connectivity index (χ0) is 22.1. The zero-order valence-corrected chi connectivity index (χ0v) is 19.0. The summed E-state index contributed by atoms with van der Waals surface area (Å²) in [5.74, 6) is 0.845. The highest BCUT2D eigenvalue weighted by molar-refractivity contribution is 6.37.